The minimum atomic E-state index is -0.243. The van der Waals surface area contributed by atoms with Crippen molar-refractivity contribution >= 4 is 11.8 Å². The third kappa shape index (κ3) is 4.87. The summed E-state index contributed by atoms with van der Waals surface area (Å²) in [5.41, 5.74) is 3.24. The molecule has 1 atom stereocenters. The Bertz CT molecular complexity index is 1160. The molecular formula is C24H28N6O3. The Morgan fingerprint density at radius 2 is 2.06 bits per heavy atom. The van der Waals surface area contributed by atoms with Crippen molar-refractivity contribution < 1.29 is 14.3 Å². The molecule has 1 aliphatic heterocycles. The average Bonchev–Trinajstić information content (AvgIpc) is 3.28. The predicted octanol–water partition coefficient (Wildman–Crippen LogP) is 3.12. The number of methoxy groups -OCH3 is 1. The van der Waals surface area contributed by atoms with E-state index in [-0.39, 0.29) is 17.9 Å². The monoisotopic (exact) mass is 448 g/mol. The van der Waals surface area contributed by atoms with Crippen LogP contribution < -0.4 is 10.1 Å². The fourth-order valence-corrected chi connectivity index (χ4v) is 4.09. The van der Waals surface area contributed by atoms with E-state index < -0.39 is 0 Å². The predicted molar refractivity (Wildman–Crippen MR) is 122 cm³/mol. The number of nitrogens with zero attached hydrogens (tertiary/aromatic N) is 4. The molecule has 0 unspecified atom stereocenters. The van der Waals surface area contributed by atoms with Gasteiger partial charge < -0.3 is 15.0 Å². The molecule has 1 aliphatic rings. The summed E-state index contributed by atoms with van der Waals surface area (Å²) in [6, 6.07) is 7.31. The molecule has 9 nitrogen and oxygen atoms in total. The number of ether oxygens (including phenoxy) is 1. The van der Waals surface area contributed by atoms with Gasteiger partial charge in [-0.05, 0) is 50.8 Å². The molecule has 0 spiro atoms. The lowest BCUT2D eigenvalue weighted by molar-refractivity contribution is 0.0598. The Morgan fingerprint density at radius 1 is 1.21 bits per heavy atom. The quantitative estimate of drug-likeness (QED) is 0.599. The van der Waals surface area contributed by atoms with Crippen molar-refractivity contribution in [3.8, 4) is 5.75 Å². The number of hydrogen-bond donors (Lipinski definition) is 2. The fourth-order valence-electron chi connectivity index (χ4n) is 4.09. The number of carbonyl (C=O) groups excluding carboxylic acids is 2. The number of carbonyl (C=O) groups is 2. The van der Waals surface area contributed by atoms with Crippen molar-refractivity contribution in [3.63, 3.8) is 0 Å². The van der Waals surface area contributed by atoms with Crippen LogP contribution >= 0.6 is 0 Å². The number of aromatic nitrogens is 4. The third-order valence-electron chi connectivity index (χ3n) is 5.95. The van der Waals surface area contributed by atoms with Crippen LogP contribution in [-0.4, -0.2) is 50.5 Å². The van der Waals surface area contributed by atoms with Crippen LogP contribution in [0.15, 0.2) is 36.7 Å². The Morgan fingerprint density at radius 3 is 2.79 bits per heavy atom. The smallest absolute Gasteiger partial charge is 0.257 e. The lowest BCUT2D eigenvalue weighted by Crippen LogP contribution is -2.39. The molecular weight excluding hydrogens is 420 g/mol. The number of amides is 2. The molecule has 3 aromatic rings. The van der Waals surface area contributed by atoms with Gasteiger partial charge in [0, 0.05) is 25.0 Å². The van der Waals surface area contributed by atoms with Crippen molar-refractivity contribution in [2.75, 3.05) is 13.7 Å². The Balaban J connectivity index is 1.49. The van der Waals surface area contributed by atoms with Gasteiger partial charge in [-0.1, -0.05) is 12.1 Å². The fraction of sp³-hybridized carbons (Fsp3) is 0.375. The van der Waals surface area contributed by atoms with E-state index in [4.69, 9.17) is 4.74 Å². The summed E-state index contributed by atoms with van der Waals surface area (Å²) in [5.74, 6) is 0.980. The summed E-state index contributed by atoms with van der Waals surface area (Å²) >= 11 is 0. The van der Waals surface area contributed by atoms with E-state index >= 15 is 0 Å². The molecule has 172 valence electrons. The molecule has 2 aromatic heterocycles. The van der Waals surface area contributed by atoms with Crippen molar-refractivity contribution in [1.29, 1.82) is 0 Å². The zero-order valence-corrected chi connectivity index (χ0v) is 19.1. The molecule has 0 aliphatic carbocycles. The number of aryl methyl sites for hydroxylation is 2. The molecule has 4 rings (SSSR count). The van der Waals surface area contributed by atoms with Crippen molar-refractivity contribution in [3.05, 3.63) is 70.6 Å². The van der Waals surface area contributed by atoms with Gasteiger partial charge in [-0.2, -0.15) is 5.10 Å². The van der Waals surface area contributed by atoms with E-state index in [0.29, 0.717) is 35.7 Å². The zero-order valence-electron chi connectivity index (χ0n) is 19.1. The van der Waals surface area contributed by atoms with E-state index in [1.807, 2.05) is 36.1 Å². The van der Waals surface area contributed by atoms with Crippen LogP contribution in [-0.2, 0) is 6.54 Å². The summed E-state index contributed by atoms with van der Waals surface area (Å²) in [5, 5.41) is 9.71. The Kier molecular flexibility index (Phi) is 6.67. The van der Waals surface area contributed by atoms with Crippen LogP contribution in [0.1, 0.15) is 68.8 Å². The maximum atomic E-state index is 13.1. The topological polar surface area (TPSA) is 113 Å². The van der Waals surface area contributed by atoms with E-state index in [1.165, 1.54) is 0 Å². The second kappa shape index (κ2) is 9.81. The summed E-state index contributed by atoms with van der Waals surface area (Å²) in [7, 11) is 1.61. The SMILES string of the molecule is COc1cccc(CNC(=O)c2cnc([C@H]3CCCCN3C(=O)c3cn[nH]c3C)nc2C)c1. The molecule has 1 fully saturated rings. The number of aromatic amines is 1. The number of nitrogens with one attached hydrogen (secondary N) is 2. The number of rotatable bonds is 6. The average molecular weight is 449 g/mol. The maximum Gasteiger partial charge on any atom is 0.257 e. The molecule has 33 heavy (non-hydrogen) atoms. The molecule has 3 heterocycles. The van der Waals surface area contributed by atoms with Gasteiger partial charge in [-0.25, -0.2) is 9.97 Å². The third-order valence-corrected chi connectivity index (χ3v) is 5.95. The first-order valence-electron chi connectivity index (χ1n) is 11.0. The highest BCUT2D eigenvalue weighted by molar-refractivity contribution is 5.95. The molecule has 0 bridgehead atoms. The summed E-state index contributed by atoms with van der Waals surface area (Å²) < 4.78 is 5.23. The number of piperidine rings is 1. The van der Waals surface area contributed by atoms with Crippen LogP contribution in [0.25, 0.3) is 0 Å². The van der Waals surface area contributed by atoms with Crippen LogP contribution in [0.4, 0.5) is 0 Å². The second-order valence-electron chi connectivity index (χ2n) is 8.18. The van der Waals surface area contributed by atoms with E-state index in [9.17, 15) is 9.59 Å². The van der Waals surface area contributed by atoms with Crippen molar-refractivity contribution in [2.45, 2.75) is 45.7 Å². The van der Waals surface area contributed by atoms with Crippen LogP contribution in [0.2, 0.25) is 0 Å². The van der Waals surface area contributed by atoms with Gasteiger partial charge in [0.05, 0.1) is 36.2 Å². The van der Waals surface area contributed by atoms with Crippen LogP contribution in [0, 0.1) is 13.8 Å². The number of hydrogen-bond acceptors (Lipinski definition) is 6. The maximum absolute atomic E-state index is 13.1. The molecule has 1 aromatic carbocycles. The minimum Gasteiger partial charge on any atom is -0.497 e. The number of H-pyrrole nitrogens is 1. The van der Waals surface area contributed by atoms with E-state index in [1.54, 1.807) is 26.4 Å². The summed E-state index contributed by atoms with van der Waals surface area (Å²) in [6.07, 6.45) is 5.82. The number of likely N-dealkylation sites (tertiary alicyclic amines) is 1. The van der Waals surface area contributed by atoms with Crippen LogP contribution in [0.3, 0.4) is 0 Å². The highest BCUT2D eigenvalue weighted by Gasteiger charge is 2.32. The molecule has 0 radical (unpaired) electrons. The minimum absolute atomic E-state index is 0.0766. The number of benzene rings is 1. The van der Waals surface area contributed by atoms with Crippen LogP contribution in [0.5, 0.6) is 5.75 Å². The van der Waals surface area contributed by atoms with Crippen molar-refractivity contribution in [2.24, 2.45) is 0 Å². The standard InChI is InChI=1S/C24H28N6O3/c1-15-19(23(31)26-12-17-7-6-8-18(11-17)33-3)13-25-22(28-15)21-9-4-5-10-30(21)24(32)20-14-27-29-16(20)2/h6-8,11,13-14,21H,4-5,9-10,12H2,1-3H3,(H,26,31)(H,27,29)/t21-/m1/s1. The van der Waals surface area contributed by atoms with Gasteiger partial charge in [-0.3, -0.25) is 14.7 Å². The normalized spacial score (nSPS) is 15.8. The molecule has 2 amide bonds. The molecule has 0 saturated carbocycles. The van der Waals surface area contributed by atoms with Gasteiger partial charge in [-0.15, -0.1) is 0 Å². The second-order valence-corrected chi connectivity index (χ2v) is 8.18. The highest BCUT2D eigenvalue weighted by atomic mass is 16.5. The molecule has 9 heteroatoms. The lowest BCUT2D eigenvalue weighted by Gasteiger charge is -2.34. The Labute approximate surface area is 192 Å². The highest BCUT2D eigenvalue weighted by Crippen LogP contribution is 2.31. The lowest BCUT2D eigenvalue weighted by atomic mass is 10.00. The van der Waals surface area contributed by atoms with Gasteiger partial charge in [0.25, 0.3) is 11.8 Å². The Hall–Kier alpha value is -3.75. The van der Waals surface area contributed by atoms with E-state index in [0.717, 1.165) is 36.3 Å². The van der Waals surface area contributed by atoms with Gasteiger partial charge in [0.15, 0.2) is 5.82 Å². The van der Waals surface area contributed by atoms with Gasteiger partial charge >= 0.3 is 0 Å². The summed E-state index contributed by atoms with van der Waals surface area (Å²) in [6.45, 7) is 4.63. The molecule has 1 saturated heterocycles. The molecule has 2 N–H and O–H groups in total. The largest absolute Gasteiger partial charge is 0.497 e. The first-order valence-corrected chi connectivity index (χ1v) is 11.0. The van der Waals surface area contributed by atoms with Gasteiger partial charge in [0.1, 0.15) is 5.75 Å². The summed E-state index contributed by atoms with van der Waals surface area (Å²) in [4.78, 5) is 36.8. The van der Waals surface area contributed by atoms with E-state index in [2.05, 4.69) is 25.5 Å². The first kappa shape index (κ1) is 22.4. The van der Waals surface area contributed by atoms with Gasteiger partial charge in [0.2, 0.25) is 0 Å². The zero-order chi connectivity index (χ0) is 23.4. The van der Waals surface area contributed by atoms with Crippen molar-refractivity contribution in [1.82, 2.24) is 30.4 Å². The first-order chi connectivity index (χ1) is 16.0.